The van der Waals surface area contributed by atoms with Gasteiger partial charge in [-0.15, -0.1) is 0 Å². The van der Waals surface area contributed by atoms with Crippen molar-refractivity contribution in [2.24, 2.45) is 0 Å². The fourth-order valence-electron chi connectivity index (χ4n) is 2.04. The van der Waals surface area contributed by atoms with Crippen LogP contribution in [0.1, 0.15) is 23.2 Å². The van der Waals surface area contributed by atoms with Gasteiger partial charge in [-0.2, -0.15) is 13.2 Å². The number of nitrogens with one attached hydrogen (secondary N) is 2. The number of alkyl halides is 3. The van der Waals surface area contributed by atoms with Crippen molar-refractivity contribution in [3.05, 3.63) is 35.9 Å². The highest BCUT2D eigenvalue weighted by molar-refractivity contribution is 5.93. The number of hydrogen-bond donors (Lipinski definition) is 2. The molecule has 0 radical (unpaired) electrons. The Balaban J connectivity index is 2.04. The summed E-state index contributed by atoms with van der Waals surface area (Å²) in [5, 5.41) is 0. The molecule has 1 aromatic rings. The fraction of sp³-hybridized carbons (Fsp3) is 0.462. The van der Waals surface area contributed by atoms with Crippen LogP contribution in [0.15, 0.2) is 30.3 Å². The van der Waals surface area contributed by atoms with E-state index in [0.717, 1.165) is 0 Å². The van der Waals surface area contributed by atoms with E-state index < -0.39 is 17.6 Å². The van der Waals surface area contributed by atoms with E-state index in [0.29, 0.717) is 5.56 Å². The van der Waals surface area contributed by atoms with Gasteiger partial charge in [0.15, 0.2) is 0 Å². The molecule has 1 saturated heterocycles. The van der Waals surface area contributed by atoms with Crippen molar-refractivity contribution in [2.45, 2.75) is 24.6 Å². The summed E-state index contributed by atoms with van der Waals surface area (Å²) >= 11 is 0. The second-order valence-electron chi connectivity index (χ2n) is 4.64. The molecule has 0 bridgehead atoms. The van der Waals surface area contributed by atoms with Gasteiger partial charge in [0.25, 0.3) is 5.91 Å². The Kier molecular flexibility index (Phi) is 4.29. The van der Waals surface area contributed by atoms with Gasteiger partial charge in [0.2, 0.25) is 0 Å². The third-order valence-corrected chi connectivity index (χ3v) is 3.34. The van der Waals surface area contributed by atoms with Crippen molar-refractivity contribution in [1.29, 1.82) is 0 Å². The van der Waals surface area contributed by atoms with Gasteiger partial charge in [-0.05, 0) is 25.0 Å². The highest BCUT2D eigenvalue weighted by Gasteiger charge is 2.55. The van der Waals surface area contributed by atoms with Crippen molar-refractivity contribution in [3.8, 4) is 0 Å². The number of rotatable bonds is 3. The average Bonchev–Trinajstić information content (AvgIpc) is 2.45. The predicted octanol–water partition coefficient (Wildman–Crippen LogP) is 2.03. The summed E-state index contributed by atoms with van der Waals surface area (Å²) in [6.45, 7) is 0.0153. The van der Waals surface area contributed by atoms with Crippen LogP contribution in [-0.4, -0.2) is 30.8 Å². The summed E-state index contributed by atoms with van der Waals surface area (Å²) in [6, 6.07) is 8.06. The highest BCUT2D eigenvalue weighted by Crippen LogP contribution is 2.37. The fourth-order valence-corrected chi connectivity index (χ4v) is 2.04. The van der Waals surface area contributed by atoms with Gasteiger partial charge in [-0.3, -0.25) is 10.2 Å². The maximum absolute atomic E-state index is 13.2. The van der Waals surface area contributed by atoms with Crippen LogP contribution in [0.3, 0.4) is 0 Å². The SMILES string of the molecule is O=C(NNC1(C(F)(F)F)CCOCC1)c1ccccc1. The van der Waals surface area contributed by atoms with Gasteiger partial charge < -0.3 is 4.74 Å². The number of ether oxygens (including phenoxy) is 1. The molecule has 20 heavy (non-hydrogen) atoms. The van der Waals surface area contributed by atoms with E-state index in [1.807, 2.05) is 0 Å². The Morgan fingerprint density at radius 3 is 2.30 bits per heavy atom. The summed E-state index contributed by atoms with van der Waals surface area (Å²) in [7, 11) is 0. The van der Waals surface area contributed by atoms with Gasteiger partial charge in [0.05, 0.1) is 0 Å². The smallest absolute Gasteiger partial charge is 0.381 e. The zero-order chi connectivity index (χ0) is 14.6. The Morgan fingerprint density at radius 2 is 1.75 bits per heavy atom. The Morgan fingerprint density at radius 1 is 1.15 bits per heavy atom. The van der Waals surface area contributed by atoms with Crippen LogP contribution in [0.25, 0.3) is 0 Å². The molecule has 110 valence electrons. The van der Waals surface area contributed by atoms with E-state index >= 15 is 0 Å². The van der Waals surface area contributed by atoms with Crippen LogP contribution in [0.5, 0.6) is 0 Å². The molecule has 0 atom stereocenters. The highest BCUT2D eigenvalue weighted by atomic mass is 19.4. The van der Waals surface area contributed by atoms with Gasteiger partial charge in [0.1, 0.15) is 5.54 Å². The van der Waals surface area contributed by atoms with E-state index in [-0.39, 0.29) is 26.1 Å². The molecular weight excluding hydrogens is 273 g/mol. The van der Waals surface area contributed by atoms with Crippen LogP contribution in [0, 0.1) is 0 Å². The summed E-state index contributed by atoms with van der Waals surface area (Å²) in [4.78, 5) is 11.8. The molecule has 1 heterocycles. The molecule has 1 fully saturated rings. The molecule has 2 N–H and O–H groups in total. The minimum atomic E-state index is -4.46. The van der Waals surface area contributed by atoms with Crippen molar-refractivity contribution in [1.82, 2.24) is 10.9 Å². The number of hydrazine groups is 1. The average molecular weight is 288 g/mol. The molecule has 0 spiro atoms. The number of carbonyl (C=O) groups is 1. The molecule has 7 heteroatoms. The van der Waals surface area contributed by atoms with Gasteiger partial charge in [0, 0.05) is 18.8 Å². The largest absolute Gasteiger partial charge is 0.408 e. The summed E-state index contributed by atoms with van der Waals surface area (Å²) < 4.78 is 44.5. The normalized spacial score (nSPS) is 18.6. The van der Waals surface area contributed by atoms with E-state index in [1.54, 1.807) is 18.2 Å². The van der Waals surface area contributed by atoms with Crippen LogP contribution in [0.4, 0.5) is 13.2 Å². The Hall–Kier alpha value is -1.60. The van der Waals surface area contributed by atoms with Crippen LogP contribution in [-0.2, 0) is 4.74 Å². The molecule has 1 amide bonds. The molecule has 0 saturated carbocycles. The first-order valence-corrected chi connectivity index (χ1v) is 6.22. The second kappa shape index (κ2) is 5.80. The molecule has 0 aliphatic carbocycles. The molecular formula is C13H15F3N2O2. The van der Waals surface area contributed by atoms with Crippen molar-refractivity contribution in [2.75, 3.05) is 13.2 Å². The maximum Gasteiger partial charge on any atom is 0.408 e. The third kappa shape index (κ3) is 3.10. The number of amides is 1. The Labute approximate surface area is 114 Å². The van der Waals surface area contributed by atoms with Crippen LogP contribution in [0.2, 0.25) is 0 Å². The molecule has 0 aromatic heterocycles. The minimum absolute atomic E-state index is 0.00766. The first kappa shape index (κ1) is 14.8. The molecule has 4 nitrogen and oxygen atoms in total. The van der Waals surface area contributed by atoms with E-state index in [9.17, 15) is 18.0 Å². The molecule has 0 unspecified atom stereocenters. The number of halogens is 3. The quantitative estimate of drug-likeness (QED) is 0.837. The van der Waals surface area contributed by atoms with E-state index in [1.165, 1.54) is 12.1 Å². The number of hydrogen-bond acceptors (Lipinski definition) is 3. The monoisotopic (exact) mass is 288 g/mol. The van der Waals surface area contributed by atoms with Gasteiger partial charge in [-0.1, -0.05) is 18.2 Å². The van der Waals surface area contributed by atoms with Crippen LogP contribution < -0.4 is 10.9 Å². The topological polar surface area (TPSA) is 50.4 Å². The lowest BCUT2D eigenvalue weighted by Crippen LogP contribution is -2.64. The summed E-state index contributed by atoms with van der Waals surface area (Å²) in [5.41, 5.74) is 2.49. The third-order valence-electron chi connectivity index (χ3n) is 3.34. The van der Waals surface area contributed by atoms with Gasteiger partial charge in [-0.25, -0.2) is 5.43 Å². The van der Waals surface area contributed by atoms with E-state index in [4.69, 9.17) is 4.74 Å². The standard InChI is InChI=1S/C13H15F3N2O2/c14-13(15,16)12(6-8-20-9-7-12)18-17-11(19)10-4-2-1-3-5-10/h1-5,18H,6-9H2,(H,17,19). The lowest BCUT2D eigenvalue weighted by molar-refractivity contribution is -0.218. The van der Waals surface area contributed by atoms with Crippen molar-refractivity contribution < 1.29 is 22.7 Å². The zero-order valence-corrected chi connectivity index (χ0v) is 10.7. The van der Waals surface area contributed by atoms with Crippen molar-refractivity contribution >= 4 is 5.91 Å². The summed E-state index contributed by atoms with van der Waals surface area (Å²) in [5.74, 6) is -0.597. The zero-order valence-electron chi connectivity index (χ0n) is 10.7. The molecule has 1 aliphatic heterocycles. The van der Waals surface area contributed by atoms with Crippen molar-refractivity contribution in [3.63, 3.8) is 0 Å². The predicted molar refractivity (Wildman–Crippen MR) is 65.9 cm³/mol. The molecule has 2 rings (SSSR count). The minimum Gasteiger partial charge on any atom is -0.381 e. The van der Waals surface area contributed by atoms with Gasteiger partial charge >= 0.3 is 6.18 Å². The Bertz CT molecular complexity index is 456. The number of benzene rings is 1. The maximum atomic E-state index is 13.2. The molecule has 1 aliphatic rings. The first-order chi connectivity index (χ1) is 9.45. The van der Waals surface area contributed by atoms with Crippen LogP contribution >= 0.6 is 0 Å². The lowest BCUT2D eigenvalue weighted by Gasteiger charge is -2.39. The second-order valence-corrected chi connectivity index (χ2v) is 4.64. The molecule has 1 aromatic carbocycles. The number of carbonyl (C=O) groups excluding carboxylic acids is 1. The summed E-state index contributed by atoms with van der Waals surface area (Å²) in [6.07, 6.45) is -4.92. The lowest BCUT2D eigenvalue weighted by atomic mass is 9.90. The first-order valence-electron chi connectivity index (χ1n) is 6.22. The van der Waals surface area contributed by atoms with E-state index in [2.05, 4.69) is 10.9 Å².